The molecule has 1 fully saturated rings. The number of nitrogens with zero attached hydrogens (tertiary/aromatic N) is 2. The zero-order valence-corrected chi connectivity index (χ0v) is 11.2. The maximum atomic E-state index is 5.92. The van der Waals surface area contributed by atoms with Crippen molar-refractivity contribution in [3.05, 3.63) is 18.1 Å². The summed E-state index contributed by atoms with van der Waals surface area (Å²) in [4.78, 5) is 8.54. The molecule has 0 atom stereocenters. The van der Waals surface area contributed by atoms with Crippen molar-refractivity contribution in [2.24, 2.45) is 11.7 Å². The SMILES string of the molecule is CCCc1cc(NCC2CCC(N)CC2)ncn1. The quantitative estimate of drug-likeness (QED) is 0.839. The zero-order chi connectivity index (χ0) is 12.8. The molecule has 18 heavy (non-hydrogen) atoms. The van der Waals surface area contributed by atoms with E-state index >= 15 is 0 Å². The molecule has 0 amide bonds. The van der Waals surface area contributed by atoms with Crippen LogP contribution in [0.15, 0.2) is 12.4 Å². The molecule has 0 radical (unpaired) electrons. The van der Waals surface area contributed by atoms with E-state index < -0.39 is 0 Å². The Balaban J connectivity index is 1.80. The first kappa shape index (κ1) is 13.3. The highest BCUT2D eigenvalue weighted by atomic mass is 15.0. The Labute approximate surface area is 109 Å². The Morgan fingerprint density at radius 2 is 2.06 bits per heavy atom. The third-order valence-corrected chi connectivity index (χ3v) is 3.69. The average Bonchev–Trinajstić information content (AvgIpc) is 2.39. The minimum absolute atomic E-state index is 0.427. The molecule has 0 aromatic carbocycles. The lowest BCUT2D eigenvalue weighted by molar-refractivity contribution is 0.338. The van der Waals surface area contributed by atoms with Crippen LogP contribution >= 0.6 is 0 Å². The van der Waals surface area contributed by atoms with E-state index in [1.165, 1.54) is 12.8 Å². The van der Waals surface area contributed by atoms with E-state index in [4.69, 9.17) is 5.73 Å². The predicted molar refractivity (Wildman–Crippen MR) is 74.5 cm³/mol. The molecule has 0 saturated heterocycles. The first-order chi connectivity index (χ1) is 8.78. The third-order valence-electron chi connectivity index (χ3n) is 3.69. The lowest BCUT2D eigenvalue weighted by atomic mass is 9.86. The summed E-state index contributed by atoms with van der Waals surface area (Å²) in [5.41, 5.74) is 7.04. The summed E-state index contributed by atoms with van der Waals surface area (Å²) >= 11 is 0. The van der Waals surface area contributed by atoms with Crippen LogP contribution in [0.3, 0.4) is 0 Å². The van der Waals surface area contributed by atoms with Crippen LogP contribution in [0, 0.1) is 5.92 Å². The number of rotatable bonds is 5. The van der Waals surface area contributed by atoms with Gasteiger partial charge in [0.15, 0.2) is 0 Å². The van der Waals surface area contributed by atoms with Crippen LogP contribution in [-0.2, 0) is 6.42 Å². The van der Waals surface area contributed by atoms with Gasteiger partial charge in [0.05, 0.1) is 0 Å². The minimum atomic E-state index is 0.427. The number of aromatic nitrogens is 2. The van der Waals surface area contributed by atoms with Gasteiger partial charge in [-0.15, -0.1) is 0 Å². The molecular formula is C14H24N4. The molecule has 1 aliphatic rings. The number of anilines is 1. The van der Waals surface area contributed by atoms with E-state index in [0.29, 0.717) is 6.04 Å². The molecule has 0 spiro atoms. The maximum absolute atomic E-state index is 5.92. The van der Waals surface area contributed by atoms with E-state index in [1.807, 2.05) is 0 Å². The van der Waals surface area contributed by atoms with Crippen LogP contribution in [0.5, 0.6) is 0 Å². The van der Waals surface area contributed by atoms with Gasteiger partial charge in [-0.3, -0.25) is 0 Å². The van der Waals surface area contributed by atoms with Crippen LogP contribution in [0.4, 0.5) is 5.82 Å². The molecule has 0 unspecified atom stereocenters. The van der Waals surface area contributed by atoms with Gasteiger partial charge in [0, 0.05) is 24.3 Å². The van der Waals surface area contributed by atoms with Gasteiger partial charge in [-0.05, 0) is 38.0 Å². The van der Waals surface area contributed by atoms with Crippen molar-refractivity contribution >= 4 is 5.82 Å². The Hall–Kier alpha value is -1.16. The molecule has 0 bridgehead atoms. The van der Waals surface area contributed by atoms with Gasteiger partial charge in [-0.25, -0.2) is 9.97 Å². The molecule has 1 aromatic heterocycles. The van der Waals surface area contributed by atoms with Crippen molar-refractivity contribution < 1.29 is 0 Å². The predicted octanol–water partition coefficient (Wildman–Crippen LogP) is 2.36. The fraction of sp³-hybridized carbons (Fsp3) is 0.714. The number of hydrogen-bond donors (Lipinski definition) is 2. The van der Waals surface area contributed by atoms with E-state index in [-0.39, 0.29) is 0 Å². The largest absolute Gasteiger partial charge is 0.370 e. The summed E-state index contributed by atoms with van der Waals surface area (Å²) < 4.78 is 0. The van der Waals surface area contributed by atoms with E-state index in [2.05, 4.69) is 28.3 Å². The first-order valence-corrected chi connectivity index (χ1v) is 7.08. The van der Waals surface area contributed by atoms with Crippen LogP contribution < -0.4 is 11.1 Å². The topological polar surface area (TPSA) is 63.8 Å². The van der Waals surface area contributed by atoms with Crippen molar-refractivity contribution in [3.63, 3.8) is 0 Å². The number of aryl methyl sites for hydroxylation is 1. The molecule has 1 heterocycles. The molecule has 0 aliphatic heterocycles. The van der Waals surface area contributed by atoms with Crippen LogP contribution in [0.2, 0.25) is 0 Å². The third kappa shape index (κ3) is 3.95. The maximum Gasteiger partial charge on any atom is 0.129 e. The van der Waals surface area contributed by atoms with Gasteiger partial charge in [-0.1, -0.05) is 13.3 Å². The van der Waals surface area contributed by atoms with E-state index in [9.17, 15) is 0 Å². The van der Waals surface area contributed by atoms with Crippen molar-refractivity contribution in [3.8, 4) is 0 Å². The fourth-order valence-corrected chi connectivity index (χ4v) is 2.53. The Kier molecular flexibility index (Phi) is 4.93. The highest BCUT2D eigenvalue weighted by molar-refractivity contribution is 5.34. The van der Waals surface area contributed by atoms with Gasteiger partial charge in [0.25, 0.3) is 0 Å². The monoisotopic (exact) mass is 248 g/mol. The summed E-state index contributed by atoms with van der Waals surface area (Å²) in [6.45, 7) is 3.18. The highest BCUT2D eigenvalue weighted by Crippen LogP contribution is 2.23. The van der Waals surface area contributed by atoms with Gasteiger partial charge in [0.1, 0.15) is 12.1 Å². The van der Waals surface area contributed by atoms with E-state index in [0.717, 1.165) is 49.7 Å². The van der Waals surface area contributed by atoms with Gasteiger partial charge in [0.2, 0.25) is 0 Å². The van der Waals surface area contributed by atoms with Crippen molar-refractivity contribution in [2.45, 2.75) is 51.5 Å². The Morgan fingerprint density at radius 1 is 1.28 bits per heavy atom. The van der Waals surface area contributed by atoms with Gasteiger partial charge in [-0.2, -0.15) is 0 Å². The molecule has 4 nitrogen and oxygen atoms in total. The second-order valence-electron chi connectivity index (χ2n) is 5.31. The summed E-state index contributed by atoms with van der Waals surface area (Å²) in [7, 11) is 0. The van der Waals surface area contributed by atoms with Crippen molar-refractivity contribution in [1.29, 1.82) is 0 Å². The fourth-order valence-electron chi connectivity index (χ4n) is 2.53. The number of nitrogens with one attached hydrogen (secondary N) is 1. The highest BCUT2D eigenvalue weighted by Gasteiger charge is 2.18. The molecule has 4 heteroatoms. The smallest absolute Gasteiger partial charge is 0.129 e. The number of hydrogen-bond acceptors (Lipinski definition) is 4. The molecule has 2 rings (SSSR count). The normalized spacial score (nSPS) is 23.9. The lowest BCUT2D eigenvalue weighted by Gasteiger charge is -2.26. The van der Waals surface area contributed by atoms with Crippen LogP contribution in [0.25, 0.3) is 0 Å². The lowest BCUT2D eigenvalue weighted by Crippen LogP contribution is -2.29. The van der Waals surface area contributed by atoms with Crippen LogP contribution in [-0.4, -0.2) is 22.6 Å². The molecule has 1 saturated carbocycles. The van der Waals surface area contributed by atoms with Crippen LogP contribution in [0.1, 0.15) is 44.7 Å². The van der Waals surface area contributed by atoms with Gasteiger partial charge >= 0.3 is 0 Å². The Morgan fingerprint density at radius 3 is 2.78 bits per heavy atom. The molecule has 100 valence electrons. The summed E-state index contributed by atoms with van der Waals surface area (Å²) in [5, 5.41) is 3.44. The van der Waals surface area contributed by atoms with Gasteiger partial charge < -0.3 is 11.1 Å². The first-order valence-electron chi connectivity index (χ1n) is 7.08. The van der Waals surface area contributed by atoms with E-state index in [1.54, 1.807) is 6.33 Å². The zero-order valence-electron chi connectivity index (χ0n) is 11.2. The second kappa shape index (κ2) is 6.69. The molecule has 1 aliphatic carbocycles. The summed E-state index contributed by atoms with van der Waals surface area (Å²) in [6, 6.07) is 2.49. The summed E-state index contributed by atoms with van der Waals surface area (Å²) in [6.07, 6.45) is 8.60. The Bertz CT molecular complexity index is 359. The number of nitrogens with two attached hydrogens (primary N) is 1. The minimum Gasteiger partial charge on any atom is -0.370 e. The van der Waals surface area contributed by atoms with Crippen molar-refractivity contribution in [1.82, 2.24) is 9.97 Å². The molecule has 3 N–H and O–H groups in total. The van der Waals surface area contributed by atoms with Crippen molar-refractivity contribution in [2.75, 3.05) is 11.9 Å². The second-order valence-corrected chi connectivity index (χ2v) is 5.31. The molecular weight excluding hydrogens is 224 g/mol. The standard InChI is InChI=1S/C14H24N4/c1-2-3-13-8-14(18-10-17-13)16-9-11-4-6-12(15)7-5-11/h8,10-12H,2-7,9,15H2,1H3,(H,16,17,18). The molecule has 1 aromatic rings. The average molecular weight is 248 g/mol. The summed E-state index contributed by atoms with van der Waals surface area (Å²) in [5.74, 6) is 1.71.